The molecule has 1 N–H and O–H groups in total. The standard InChI is InChI=1S/C10H17F3N2O2/c1-3-5-15(8-10(11,12)13)9(16)7-14-4-6-17-2/h3,14H,1,4-8H2,2H3. The maximum absolute atomic E-state index is 12.2. The topological polar surface area (TPSA) is 41.6 Å². The lowest BCUT2D eigenvalue weighted by Gasteiger charge is -2.22. The first-order valence-electron chi connectivity index (χ1n) is 5.05. The number of methoxy groups -OCH3 is 1. The fourth-order valence-electron chi connectivity index (χ4n) is 1.11. The molecule has 0 fully saturated rings. The van der Waals surface area contributed by atoms with Crippen molar-refractivity contribution in [2.75, 3.05) is 39.9 Å². The Morgan fingerprint density at radius 3 is 2.65 bits per heavy atom. The van der Waals surface area contributed by atoms with Gasteiger partial charge in [-0.2, -0.15) is 13.2 Å². The Bertz CT molecular complexity index is 244. The minimum atomic E-state index is -4.40. The quantitative estimate of drug-likeness (QED) is 0.514. The Morgan fingerprint density at radius 2 is 2.18 bits per heavy atom. The van der Waals surface area contributed by atoms with Gasteiger partial charge in [-0.05, 0) is 0 Å². The molecule has 4 nitrogen and oxygen atoms in total. The van der Waals surface area contributed by atoms with Crippen LogP contribution in [0.4, 0.5) is 13.2 Å². The predicted octanol–water partition coefficient (Wildman–Crippen LogP) is 0.799. The van der Waals surface area contributed by atoms with Crippen LogP contribution >= 0.6 is 0 Å². The van der Waals surface area contributed by atoms with Crippen molar-refractivity contribution in [3.8, 4) is 0 Å². The molecule has 0 aliphatic carbocycles. The van der Waals surface area contributed by atoms with E-state index in [1.807, 2.05) is 0 Å². The number of ether oxygens (including phenoxy) is 1. The molecule has 0 radical (unpaired) electrons. The van der Waals surface area contributed by atoms with Gasteiger partial charge in [0, 0.05) is 20.2 Å². The van der Waals surface area contributed by atoms with Crippen LogP contribution in [0.15, 0.2) is 12.7 Å². The van der Waals surface area contributed by atoms with Crippen LogP contribution in [0.1, 0.15) is 0 Å². The van der Waals surface area contributed by atoms with Crippen LogP contribution in [0.5, 0.6) is 0 Å². The molecular formula is C10H17F3N2O2. The van der Waals surface area contributed by atoms with Gasteiger partial charge in [-0.3, -0.25) is 4.79 Å². The Kier molecular flexibility index (Phi) is 7.56. The highest BCUT2D eigenvalue weighted by atomic mass is 19.4. The van der Waals surface area contributed by atoms with Crippen LogP contribution < -0.4 is 5.32 Å². The van der Waals surface area contributed by atoms with Gasteiger partial charge in [0.15, 0.2) is 0 Å². The Hall–Kier alpha value is -1.08. The number of alkyl halides is 3. The lowest BCUT2D eigenvalue weighted by atomic mass is 10.4. The molecule has 0 aliphatic rings. The predicted molar refractivity (Wildman–Crippen MR) is 57.6 cm³/mol. The van der Waals surface area contributed by atoms with E-state index >= 15 is 0 Å². The number of hydrogen-bond donors (Lipinski definition) is 1. The van der Waals surface area contributed by atoms with Crippen molar-refractivity contribution in [3.63, 3.8) is 0 Å². The monoisotopic (exact) mass is 254 g/mol. The van der Waals surface area contributed by atoms with E-state index in [1.165, 1.54) is 13.2 Å². The van der Waals surface area contributed by atoms with Gasteiger partial charge in [-0.15, -0.1) is 6.58 Å². The summed E-state index contributed by atoms with van der Waals surface area (Å²) in [7, 11) is 1.50. The summed E-state index contributed by atoms with van der Waals surface area (Å²) in [6.45, 7) is 2.60. The van der Waals surface area contributed by atoms with Crippen molar-refractivity contribution in [1.82, 2.24) is 10.2 Å². The third-order valence-corrected chi connectivity index (χ3v) is 1.83. The van der Waals surface area contributed by atoms with Crippen molar-refractivity contribution in [3.05, 3.63) is 12.7 Å². The van der Waals surface area contributed by atoms with E-state index in [1.54, 1.807) is 0 Å². The summed E-state index contributed by atoms with van der Waals surface area (Å²) in [5.41, 5.74) is 0. The number of hydrogen-bond acceptors (Lipinski definition) is 3. The second-order valence-corrected chi connectivity index (χ2v) is 3.35. The largest absolute Gasteiger partial charge is 0.406 e. The van der Waals surface area contributed by atoms with E-state index in [-0.39, 0.29) is 13.1 Å². The summed E-state index contributed by atoms with van der Waals surface area (Å²) in [6.07, 6.45) is -3.13. The minimum absolute atomic E-state index is 0.121. The first-order chi connectivity index (χ1) is 7.90. The summed E-state index contributed by atoms with van der Waals surface area (Å²) < 4.78 is 41.2. The van der Waals surface area contributed by atoms with Crippen LogP contribution in [0.25, 0.3) is 0 Å². The molecule has 0 atom stereocenters. The van der Waals surface area contributed by atoms with E-state index < -0.39 is 18.6 Å². The third-order valence-electron chi connectivity index (χ3n) is 1.83. The molecule has 1 amide bonds. The zero-order valence-corrected chi connectivity index (χ0v) is 9.72. The number of nitrogens with one attached hydrogen (secondary N) is 1. The van der Waals surface area contributed by atoms with Crippen molar-refractivity contribution in [1.29, 1.82) is 0 Å². The van der Waals surface area contributed by atoms with Crippen LogP contribution in [-0.2, 0) is 9.53 Å². The van der Waals surface area contributed by atoms with Crippen molar-refractivity contribution in [2.45, 2.75) is 6.18 Å². The Morgan fingerprint density at radius 1 is 1.53 bits per heavy atom. The minimum Gasteiger partial charge on any atom is -0.383 e. The summed E-state index contributed by atoms with van der Waals surface area (Å²) in [5.74, 6) is -0.613. The first kappa shape index (κ1) is 15.9. The van der Waals surface area contributed by atoms with E-state index in [2.05, 4.69) is 11.9 Å². The van der Waals surface area contributed by atoms with E-state index in [9.17, 15) is 18.0 Å². The molecular weight excluding hydrogens is 237 g/mol. The zero-order valence-electron chi connectivity index (χ0n) is 9.72. The van der Waals surface area contributed by atoms with Gasteiger partial charge in [0.2, 0.25) is 5.91 Å². The molecule has 0 saturated heterocycles. The number of carbonyl (C=O) groups is 1. The highest BCUT2D eigenvalue weighted by molar-refractivity contribution is 5.78. The second-order valence-electron chi connectivity index (χ2n) is 3.35. The molecule has 0 aromatic carbocycles. The highest BCUT2D eigenvalue weighted by Crippen LogP contribution is 2.16. The van der Waals surface area contributed by atoms with Crippen LogP contribution in [-0.4, -0.2) is 56.9 Å². The van der Waals surface area contributed by atoms with Crippen LogP contribution in [0, 0.1) is 0 Å². The average molecular weight is 254 g/mol. The van der Waals surface area contributed by atoms with Gasteiger partial charge < -0.3 is 15.0 Å². The molecule has 0 unspecified atom stereocenters. The van der Waals surface area contributed by atoms with Gasteiger partial charge >= 0.3 is 6.18 Å². The lowest BCUT2D eigenvalue weighted by molar-refractivity contribution is -0.159. The van der Waals surface area contributed by atoms with Gasteiger partial charge in [-0.1, -0.05) is 6.08 Å². The van der Waals surface area contributed by atoms with Gasteiger partial charge in [-0.25, -0.2) is 0 Å². The zero-order chi connectivity index (χ0) is 13.3. The fraction of sp³-hybridized carbons (Fsp3) is 0.700. The van der Waals surface area contributed by atoms with Crippen LogP contribution in [0.3, 0.4) is 0 Å². The Balaban J connectivity index is 4.10. The molecule has 0 aliphatic heterocycles. The van der Waals surface area contributed by atoms with Gasteiger partial charge in [0.25, 0.3) is 0 Å². The van der Waals surface area contributed by atoms with Crippen molar-refractivity contribution < 1.29 is 22.7 Å². The number of amides is 1. The smallest absolute Gasteiger partial charge is 0.383 e. The molecule has 0 bridgehead atoms. The summed E-state index contributed by atoms with van der Waals surface area (Å²) in [4.78, 5) is 12.2. The summed E-state index contributed by atoms with van der Waals surface area (Å²) in [6, 6.07) is 0. The van der Waals surface area contributed by atoms with Crippen molar-refractivity contribution >= 4 is 5.91 Å². The molecule has 100 valence electrons. The van der Waals surface area contributed by atoms with Crippen molar-refractivity contribution in [2.24, 2.45) is 0 Å². The molecule has 0 aromatic heterocycles. The van der Waals surface area contributed by atoms with Gasteiger partial charge in [0.05, 0.1) is 13.2 Å². The van der Waals surface area contributed by atoms with E-state index in [4.69, 9.17) is 4.74 Å². The number of rotatable bonds is 8. The lowest BCUT2D eigenvalue weighted by Crippen LogP contribution is -2.43. The molecule has 0 aromatic rings. The maximum Gasteiger partial charge on any atom is 0.406 e. The second kappa shape index (κ2) is 8.08. The molecule has 0 spiro atoms. The first-order valence-corrected chi connectivity index (χ1v) is 5.05. The molecule has 0 saturated carbocycles. The van der Waals surface area contributed by atoms with Gasteiger partial charge in [0.1, 0.15) is 6.54 Å². The summed E-state index contributed by atoms with van der Waals surface area (Å²) in [5, 5.41) is 2.69. The fourth-order valence-corrected chi connectivity index (χ4v) is 1.11. The maximum atomic E-state index is 12.2. The summed E-state index contributed by atoms with van der Waals surface area (Å²) >= 11 is 0. The SMILES string of the molecule is C=CCN(CC(F)(F)F)C(=O)CNCCOC. The molecule has 0 rings (SSSR count). The normalized spacial score (nSPS) is 11.3. The molecule has 7 heteroatoms. The molecule has 17 heavy (non-hydrogen) atoms. The van der Waals surface area contributed by atoms with Crippen LogP contribution in [0.2, 0.25) is 0 Å². The third kappa shape index (κ3) is 8.70. The average Bonchev–Trinajstić information content (AvgIpc) is 2.21. The highest BCUT2D eigenvalue weighted by Gasteiger charge is 2.32. The van der Waals surface area contributed by atoms with E-state index in [0.29, 0.717) is 18.1 Å². The number of carbonyl (C=O) groups excluding carboxylic acids is 1. The Labute approximate surface area is 98.4 Å². The number of halogens is 3. The molecule has 0 heterocycles. The number of nitrogens with zero attached hydrogens (tertiary/aromatic N) is 1. The van der Waals surface area contributed by atoms with E-state index in [0.717, 1.165) is 0 Å².